The second-order valence-corrected chi connectivity index (χ2v) is 6.14. The molecule has 0 N–H and O–H groups in total. The monoisotopic (exact) mass is 297 g/mol. The van der Waals surface area contributed by atoms with Gasteiger partial charge in [-0.25, -0.2) is 0 Å². The van der Waals surface area contributed by atoms with Gasteiger partial charge in [0.25, 0.3) is 10.1 Å². The first-order chi connectivity index (χ1) is 9.40. The summed E-state index contributed by atoms with van der Waals surface area (Å²) in [6.07, 6.45) is 0.368. The van der Waals surface area contributed by atoms with Crippen LogP contribution < -0.4 is 0 Å². The summed E-state index contributed by atoms with van der Waals surface area (Å²) >= 11 is 0. The molecule has 20 heavy (non-hydrogen) atoms. The lowest BCUT2D eigenvalue weighted by Gasteiger charge is -2.13. The van der Waals surface area contributed by atoms with E-state index in [-0.39, 0.29) is 42.7 Å². The molecule has 1 aromatic carbocycles. The normalized spacial score (nSPS) is 15.9. The molecule has 1 saturated heterocycles. The molecule has 6 nitrogen and oxygen atoms in total. The smallest absolute Gasteiger partial charge is 0.280 e. The zero-order chi connectivity index (χ0) is 14.8. The number of likely N-dealkylation sites (tertiary alicyclic amines) is 1. The van der Waals surface area contributed by atoms with Crippen molar-refractivity contribution in [3.63, 3.8) is 0 Å². The Morgan fingerprint density at radius 2 is 1.65 bits per heavy atom. The summed E-state index contributed by atoms with van der Waals surface area (Å²) in [5.74, 6) is -0.572. The Balaban J connectivity index is 1.94. The Bertz CT molecular complexity index is 605. The van der Waals surface area contributed by atoms with Crippen molar-refractivity contribution in [1.29, 1.82) is 0 Å². The topological polar surface area (TPSA) is 80.8 Å². The van der Waals surface area contributed by atoms with Crippen LogP contribution in [-0.2, 0) is 23.9 Å². The Labute approximate surface area is 117 Å². The first-order valence-corrected chi connectivity index (χ1v) is 7.60. The molecular weight excluding hydrogens is 282 g/mol. The molecular formula is C13H15NO5S. The number of amides is 2. The first-order valence-electron chi connectivity index (χ1n) is 6.19. The second kappa shape index (κ2) is 5.72. The van der Waals surface area contributed by atoms with Crippen LogP contribution in [0, 0.1) is 6.92 Å². The molecule has 0 atom stereocenters. The van der Waals surface area contributed by atoms with Crippen LogP contribution in [0.15, 0.2) is 29.2 Å². The first kappa shape index (κ1) is 14.7. The fourth-order valence-electron chi connectivity index (χ4n) is 1.88. The van der Waals surface area contributed by atoms with Gasteiger partial charge in [0.05, 0.1) is 18.0 Å². The van der Waals surface area contributed by atoms with E-state index in [1.54, 1.807) is 12.1 Å². The van der Waals surface area contributed by atoms with Crippen molar-refractivity contribution >= 4 is 21.9 Å². The molecule has 2 rings (SSSR count). The maximum absolute atomic E-state index is 11.9. The third kappa shape index (κ3) is 3.23. The van der Waals surface area contributed by atoms with E-state index >= 15 is 0 Å². The second-order valence-electron chi connectivity index (χ2n) is 4.53. The van der Waals surface area contributed by atoms with Crippen LogP contribution in [0.5, 0.6) is 0 Å². The number of nitrogens with zero attached hydrogens (tertiary/aromatic N) is 1. The lowest BCUT2D eigenvalue weighted by molar-refractivity contribution is -0.138. The van der Waals surface area contributed by atoms with Crippen LogP contribution in [0.2, 0.25) is 0 Å². The number of aryl methyl sites for hydroxylation is 1. The van der Waals surface area contributed by atoms with Crippen molar-refractivity contribution in [3.8, 4) is 0 Å². The fraction of sp³-hybridized carbons (Fsp3) is 0.385. The molecule has 0 aromatic heterocycles. The standard InChI is InChI=1S/C13H15NO5S/c1-10-2-4-11(5-3-10)20(17,18)19-9-8-14-12(15)6-7-13(14)16/h2-5H,6-9H2,1H3. The molecule has 0 spiro atoms. The van der Waals surface area contributed by atoms with E-state index in [2.05, 4.69) is 0 Å². The van der Waals surface area contributed by atoms with Crippen LogP contribution >= 0.6 is 0 Å². The number of imide groups is 1. The van der Waals surface area contributed by atoms with Gasteiger partial charge < -0.3 is 0 Å². The predicted octanol–water partition coefficient (Wildman–Crippen LogP) is 0.849. The van der Waals surface area contributed by atoms with E-state index in [4.69, 9.17) is 4.18 Å². The van der Waals surface area contributed by atoms with Crippen LogP contribution in [0.4, 0.5) is 0 Å². The third-order valence-electron chi connectivity index (χ3n) is 3.02. The van der Waals surface area contributed by atoms with E-state index in [9.17, 15) is 18.0 Å². The predicted molar refractivity (Wildman–Crippen MR) is 70.3 cm³/mol. The lowest BCUT2D eigenvalue weighted by atomic mass is 10.2. The molecule has 1 aliphatic rings. The summed E-state index contributed by atoms with van der Waals surface area (Å²) in [5, 5.41) is 0. The number of benzene rings is 1. The molecule has 108 valence electrons. The summed E-state index contributed by atoms with van der Waals surface area (Å²) in [6.45, 7) is 1.58. The molecule has 0 aliphatic carbocycles. The van der Waals surface area contributed by atoms with Crippen LogP contribution in [-0.4, -0.2) is 38.3 Å². The largest absolute Gasteiger partial charge is 0.297 e. The van der Waals surface area contributed by atoms with E-state index in [1.165, 1.54) is 12.1 Å². The number of rotatable bonds is 5. The van der Waals surface area contributed by atoms with Gasteiger partial charge in [-0.2, -0.15) is 8.42 Å². The van der Waals surface area contributed by atoms with Gasteiger partial charge in [0.2, 0.25) is 11.8 Å². The Hall–Kier alpha value is -1.73. The summed E-state index contributed by atoms with van der Waals surface area (Å²) in [4.78, 5) is 23.8. The van der Waals surface area contributed by atoms with Crippen LogP contribution in [0.25, 0.3) is 0 Å². The number of hydrogen-bond acceptors (Lipinski definition) is 5. The van der Waals surface area contributed by atoms with Gasteiger partial charge in [-0.05, 0) is 19.1 Å². The Morgan fingerprint density at radius 3 is 2.20 bits per heavy atom. The highest BCUT2D eigenvalue weighted by Gasteiger charge is 2.28. The Morgan fingerprint density at radius 1 is 1.10 bits per heavy atom. The van der Waals surface area contributed by atoms with Crippen molar-refractivity contribution in [2.45, 2.75) is 24.7 Å². The minimum absolute atomic E-state index is 0.0389. The number of carbonyl (C=O) groups is 2. The van der Waals surface area contributed by atoms with Crippen LogP contribution in [0.1, 0.15) is 18.4 Å². The zero-order valence-electron chi connectivity index (χ0n) is 11.0. The summed E-state index contributed by atoms with van der Waals surface area (Å²) in [5.41, 5.74) is 0.942. The maximum Gasteiger partial charge on any atom is 0.297 e. The highest BCUT2D eigenvalue weighted by Crippen LogP contribution is 2.14. The fourth-order valence-corrected chi connectivity index (χ4v) is 2.78. The van der Waals surface area contributed by atoms with Gasteiger partial charge in [0.1, 0.15) is 0 Å². The third-order valence-corrected chi connectivity index (χ3v) is 4.34. The van der Waals surface area contributed by atoms with Crippen molar-refractivity contribution in [3.05, 3.63) is 29.8 Å². The molecule has 1 fully saturated rings. The van der Waals surface area contributed by atoms with Crippen molar-refractivity contribution < 1.29 is 22.2 Å². The Kier molecular flexibility index (Phi) is 4.20. The average molecular weight is 297 g/mol. The van der Waals surface area contributed by atoms with E-state index in [0.29, 0.717) is 0 Å². The van der Waals surface area contributed by atoms with Gasteiger partial charge in [0.15, 0.2) is 0 Å². The number of carbonyl (C=O) groups excluding carboxylic acids is 2. The van der Waals surface area contributed by atoms with Crippen molar-refractivity contribution in [1.82, 2.24) is 4.90 Å². The summed E-state index contributed by atoms with van der Waals surface area (Å²) in [6, 6.07) is 6.25. The van der Waals surface area contributed by atoms with Gasteiger partial charge in [-0.3, -0.25) is 18.7 Å². The van der Waals surface area contributed by atoms with Crippen LogP contribution in [0.3, 0.4) is 0 Å². The minimum atomic E-state index is -3.85. The van der Waals surface area contributed by atoms with Gasteiger partial charge >= 0.3 is 0 Å². The average Bonchev–Trinajstić information content (AvgIpc) is 2.71. The molecule has 1 aromatic rings. The molecule has 0 bridgehead atoms. The van der Waals surface area contributed by atoms with E-state index < -0.39 is 10.1 Å². The highest BCUT2D eigenvalue weighted by molar-refractivity contribution is 7.86. The maximum atomic E-state index is 11.9. The quantitative estimate of drug-likeness (QED) is 0.594. The van der Waals surface area contributed by atoms with Crippen molar-refractivity contribution in [2.24, 2.45) is 0 Å². The number of hydrogen-bond donors (Lipinski definition) is 0. The highest BCUT2D eigenvalue weighted by atomic mass is 32.2. The summed E-state index contributed by atoms with van der Waals surface area (Å²) in [7, 11) is -3.85. The molecule has 7 heteroatoms. The van der Waals surface area contributed by atoms with Gasteiger partial charge in [0, 0.05) is 12.8 Å². The minimum Gasteiger partial charge on any atom is -0.280 e. The lowest BCUT2D eigenvalue weighted by Crippen LogP contribution is -2.32. The molecule has 1 heterocycles. The zero-order valence-corrected chi connectivity index (χ0v) is 11.9. The van der Waals surface area contributed by atoms with E-state index in [1.807, 2.05) is 6.92 Å². The van der Waals surface area contributed by atoms with E-state index in [0.717, 1.165) is 10.5 Å². The molecule has 2 amide bonds. The molecule has 1 aliphatic heterocycles. The molecule has 0 unspecified atom stereocenters. The van der Waals surface area contributed by atoms with Crippen molar-refractivity contribution in [2.75, 3.05) is 13.2 Å². The molecule has 0 radical (unpaired) electrons. The summed E-state index contributed by atoms with van der Waals surface area (Å²) < 4.78 is 28.6. The van der Waals surface area contributed by atoms with Gasteiger partial charge in [-0.15, -0.1) is 0 Å². The van der Waals surface area contributed by atoms with Gasteiger partial charge in [-0.1, -0.05) is 17.7 Å². The SMILES string of the molecule is Cc1ccc(S(=O)(=O)OCCN2C(=O)CCC2=O)cc1. The molecule has 0 saturated carbocycles.